The summed E-state index contributed by atoms with van der Waals surface area (Å²) in [6.45, 7) is 0.456. The molecule has 0 saturated carbocycles. The molecule has 3 aromatic carbocycles. The normalized spacial score (nSPS) is 12.0. The topological polar surface area (TPSA) is 29.5 Å². The summed E-state index contributed by atoms with van der Waals surface area (Å²) in [7, 11) is 0. The van der Waals surface area contributed by atoms with Crippen LogP contribution in [0.1, 0.15) is 22.8 Å². The summed E-state index contributed by atoms with van der Waals surface area (Å²) in [4.78, 5) is 0. The number of ether oxygens (including phenoxy) is 1. The predicted molar refractivity (Wildman–Crippen MR) is 92.2 cm³/mol. The molecule has 25 heavy (non-hydrogen) atoms. The summed E-state index contributed by atoms with van der Waals surface area (Å²) in [6.07, 6.45) is -0.909. The van der Waals surface area contributed by atoms with Crippen molar-refractivity contribution in [2.24, 2.45) is 0 Å². The SMILES string of the molecule is OC(Cc1cc(F)ccc1F)c1ccc(OCc2ccccc2)cc1. The number of halogens is 2. The molecule has 3 aromatic rings. The lowest BCUT2D eigenvalue weighted by Crippen LogP contribution is -2.04. The third-order valence-electron chi connectivity index (χ3n) is 3.93. The Morgan fingerprint density at radius 1 is 0.880 bits per heavy atom. The van der Waals surface area contributed by atoms with Gasteiger partial charge in [0.25, 0.3) is 0 Å². The number of benzene rings is 3. The van der Waals surface area contributed by atoms with E-state index in [-0.39, 0.29) is 12.0 Å². The van der Waals surface area contributed by atoms with Gasteiger partial charge in [-0.25, -0.2) is 8.78 Å². The minimum absolute atomic E-state index is 0.00775. The van der Waals surface area contributed by atoms with Crippen LogP contribution in [0.5, 0.6) is 5.75 Å². The fourth-order valence-corrected chi connectivity index (χ4v) is 2.55. The van der Waals surface area contributed by atoms with E-state index in [0.29, 0.717) is 17.9 Å². The maximum atomic E-state index is 13.7. The van der Waals surface area contributed by atoms with Crippen LogP contribution in [0, 0.1) is 11.6 Å². The first kappa shape index (κ1) is 17.1. The first-order valence-corrected chi connectivity index (χ1v) is 8.00. The number of hydrogen-bond donors (Lipinski definition) is 1. The van der Waals surface area contributed by atoms with Gasteiger partial charge >= 0.3 is 0 Å². The molecule has 128 valence electrons. The molecule has 0 bridgehead atoms. The highest BCUT2D eigenvalue weighted by atomic mass is 19.1. The molecule has 1 N–H and O–H groups in total. The molecule has 4 heteroatoms. The van der Waals surface area contributed by atoms with Crippen LogP contribution < -0.4 is 4.74 Å². The summed E-state index contributed by atoms with van der Waals surface area (Å²) in [5, 5.41) is 10.3. The number of rotatable bonds is 6. The van der Waals surface area contributed by atoms with Gasteiger partial charge in [-0.15, -0.1) is 0 Å². The Kier molecular flexibility index (Phi) is 5.41. The van der Waals surface area contributed by atoms with Gasteiger partial charge < -0.3 is 9.84 Å². The average molecular weight is 340 g/mol. The zero-order valence-corrected chi connectivity index (χ0v) is 13.5. The van der Waals surface area contributed by atoms with Crippen molar-refractivity contribution in [1.82, 2.24) is 0 Å². The van der Waals surface area contributed by atoms with Crippen LogP contribution in [0.15, 0.2) is 72.8 Å². The Balaban J connectivity index is 1.62. The molecule has 0 aliphatic heterocycles. The molecular formula is C21H18F2O2. The van der Waals surface area contributed by atoms with Gasteiger partial charge in [-0.2, -0.15) is 0 Å². The van der Waals surface area contributed by atoms with E-state index in [1.54, 1.807) is 24.3 Å². The van der Waals surface area contributed by atoms with E-state index in [9.17, 15) is 13.9 Å². The zero-order chi connectivity index (χ0) is 17.6. The summed E-state index contributed by atoms with van der Waals surface area (Å²) < 4.78 is 32.6. The third kappa shape index (κ3) is 4.64. The molecular weight excluding hydrogens is 322 g/mol. The zero-order valence-electron chi connectivity index (χ0n) is 13.5. The molecule has 0 heterocycles. The minimum Gasteiger partial charge on any atom is -0.489 e. The second-order valence-corrected chi connectivity index (χ2v) is 5.80. The van der Waals surface area contributed by atoms with Crippen LogP contribution in [0.25, 0.3) is 0 Å². The van der Waals surface area contributed by atoms with Crippen LogP contribution in [-0.4, -0.2) is 5.11 Å². The second kappa shape index (κ2) is 7.90. The molecule has 0 aromatic heterocycles. The van der Waals surface area contributed by atoms with Gasteiger partial charge in [0.05, 0.1) is 6.10 Å². The van der Waals surface area contributed by atoms with E-state index >= 15 is 0 Å². The van der Waals surface area contributed by atoms with Crippen LogP contribution in [0.2, 0.25) is 0 Å². The molecule has 1 atom stereocenters. The second-order valence-electron chi connectivity index (χ2n) is 5.80. The van der Waals surface area contributed by atoms with Crippen LogP contribution in [-0.2, 0) is 13.0 Å². The number of aliphatic hydroxyl groups excluding tert-OH is 1. The Morgan fingerprint density at radius 3 is 2.32 bits per heavy atom. The molecule has 0 spiro atoms. The van der Waals surface area contributed by atoms with E-state index < -0.39 is 17.7 Å². The number of hydrogen-bond acceptors (Lipinski definition) is 2. The Labute approximate surface area is 145 Å². The smallest absolute Gasteiger partial charge is 0.126 e. The van der Waals surface area contributed by atoms with Crippen molar-refractivity contribution in [2.45, 2.75) is 19.1 Å². The van der Waals surface area contributed by atoms with Gasteiger partial charge in [-0.3, -0.25) is 0 Å². The molecule has 0 fully saturated rings. The Bertz CT molecular complexity index is 817. The highest BCUT2D eigenvalue weighted by Gasteiger charge is 2.13. The van der Waals surface area contributed by atoms with Gasteiger partial charge in [0, 0.05) is 6.42 Å². The molecule has 1 unspecified atom stereocenters. The van der Waals surface area contributed by atoms with Gasteiger partial charge in [-0.05, 0) is 47.0 Å². The lowest BCUT2D eigenvalue weighted by atomic mass is 10.0. The van der Waals surface area contributed by atoms with Crippen molar-refractivity contribution in [3.63, 3.8) is 0 Å². The maximum Gasteiger partial charge on any atom is 0.126 e. The van der Waals surface area contributed by atoms with Gasteiger partial charge in [0.15, 0.2) is 0 Å². The van der Waals surface area contributed by atoms with Crippen molar-refractivity contribution < 1.29 is 18.6 Å². The van der Waals surface area contributed by atoms with E-state index in [1.165, 1.54) is 0 Å². The van der Waals surface area contributed by atoms with E-state index in [2.05, 4.69) is 0 Å². The summed E-state index contributed by atoms with van der Waals surface area (Å²) in [5.74, 6) is -0.367. The van der Waals surface area contributed by atoms with Crippen molar-refractivity contribution in [3.05, 3.63) is 101 Å². The van der Waals surface area contributed by atoms with Crippen molar-refractivity contribution in [3.8, 4) is 5.75 Å². The van der Waals surface area contributed by atoms with E-state index in [0.717, 1.165) is 23.8 Å². The van der Waals surface area contributed by atoms with Crippen LogP contribution >= 0.6 is 0 Å². The quantitative estimate of drug-likeness (QED) is 0.697. The molecule has 0 radical (unpaired) electrons. The summed E-state index contributed by atoms with van der Waals surface area (Å²) in [6, 6.07) is 20.0. The van der Waals surface area contributed by atoms with Crippen molar-refractivity contribution in [2.75, 3.05) is 0 Å². The van der Waals surface area contributed by atoms with Crippen LogP contribution in [0.3, 0.4) is 0 Å². The van der Waals surface area contributed by atoms with Gasteiger partial charge in [0.2, 0.25) is 0 Å². The first-order chi connectivity index (χ1) is 12.1. The monoisotopic (exact) mass is 340 g/mol. The van der Waals surface area contributed by atoms with Gasteiger partial charge in [0.1, 0.15) is 24.0 Å². The highest BCUT2D eigenvalue weighted by Crippen LogP contribution is 2.23. The molecule has 0 aliphatic carbocycles. The lowest BCUT2D eigenvalue weighted by molar-refractivity contribution is 0.177. The molecule has 0 amide bonds. The minimum atomic E-state index is -0.917. The van der Waals surface area contributed by atoms with Crippen molar-refractivity contribution >= 4 is 0 Å². The molecule has 3 rings (SSSR count). The fourth-order valence-electron chi connectivity index (χ4n) is 2.55. The molecule has 2 nitrogen and oxygen atoms in total. The molecule has 0 aliphatic rings. The lowest BCUT2D eigenvalue weighted by Gasteiger charge is -2.13. The van der Waals surface area contributed by atoms with E-state index in [1.807, 2.05) is 30.3 Å². The van der Waals surface area contributed by atoms with Gasteiger partial charge in [-0.1, -0.05) is 42.5 Å². The highest BCUT2D eigenvalue weighted by molar-refractivity contribution is 5.30. The standard InChI is InChI=1S/C21H18F2O2/c22-18-8-11-20(23)17(12-18)13-21(24)16-6-9-19(10-7-16)25-14-15-4-2-1-3-5-15/h1-12,21,24H,13-14H2. The fraction of sp³-hybridized carbons (Fsp3) is 0.143. The summed E-state index contributed by atoms with van der Waals surface area (Å²) in [5.41, 5.74) is 1.83. The third-order valence-corrected chi connectivity index (χ3v) is 3.93. The van der Waals surface area contributed by atoms with Crippen LogP contribution in [0.4, 0.5) is 8.78 Å². The Morgan fingerprint density at radius 2 is 1.60 bits per heavy atom. The predicted octanol–water partition coefficient (Wildman–Crippen LogP) is 4.82. The van der Waals surface area contributed by atoms with E-state index in [4.69, 9.17) is 4.74 Å². The van der Waals surface area contributed by atoms with Crippen molar-refractivity contribution in [1.29, 1.82) is 0 Å². The Hall–Kier alpha value is -2.72. The average Bonchev–Trinajstić information content (AvgIpc) is 2.64. The maximum absolute atomic E-state index is 13.7. The first-order valence-electron chi connectivity index (χ1n) is 8.00. The molecule has 0 saturated heterocycles. The largest absolute Gasteiger partial charge is 0.489 e. The summed E-state index contributed by atoms with van der Waals surface area (Å²) >= 11 is 0. The number of aliphatic hydroxyl groups is 1.